The van der Waals surface area contributed by atoms with Gasteiger partial charge in [0.25, 0.3) is 15.2 Å². The lowest BCUT2D eigenvalue weighted by molar-refractivity contribution is 0.185. The Morgan fingerprint density at radius 2 is 2.20 bits per heavy atom. The van der Waals surface area contributed by atoms with E-state index < -0.39 is 10.0 Å². The van der Waals surface area contributed by atoms with Gasteiger partial charge in [-0.15, -0.1) is 10.2 Å². The number of aromatic nitrogens is 4. The van der Waals surface area contributed by atoms with Crippen molar-refractivity contribution >= 4 is 10.0 Å². The summed E-state index contributed by atoms with van der Waals surface area (Å²) in [5.41, 5.74) is 0.105. The molecular formula is C10H13N5O4S. The van der Waals surface area contributed by atoms with E-state index in [2.05, 4.69) is 15.2 Å². The Kier molecular flexibility index (Phi) is 3.97. The summed E-state index contributed by atoms with van der Waals surface area (Å²) in [5, 5.41) is 12.1. The molecule has 0 saturated heterocycles. The molecule has 0 fully saturated rings. The zero-order valence-corrected chi connectivity index (χ0v) is 11.4. The second-order valence-electron chi connectivity index (χ2n) is 3.94. The van der Waals surface area contributed by atoms with E-state index in [1.807, 2.05) is 0 Å². The van der Waals surface area contributed by atoms with E-state index in [4.69, 9.17) is 9.88 Å². The minimum Gasteiger partial charge on any atom is -0.383 e. The molecule has 10 heteroatoms. The number of methoxy groups -OCH3 is 1. The molecule has 108 valence electrons. The van der Waals surface area contributed by atoms with Gasteiger partial charge in [0.2, 0.25) is 5.56 Å². The Morgan fingerprint density at radius 1 is 1.45 bits per heavy atom. The van der Waals surface area contributed by atoms with E-state index in [1.54, 1.807) is 6.07 Å². The van der Waals surface area contributed by atoms with Crippen LogP contribution in [0, 0.1) is 0 Å². The molecule has 0 bridgehead atoms. The molecule has 0 radical (unpaired) electrons. The number of hydrogen-bond acceptors (Lipinski definition) is 6. The number of H-pyrrole nitrogens is 1. The van der Waals surface area contributed by atoms with Gasteiger partial charge in [0.15, 0.2) is 5.82 Å². The van der Waals surface area contributed by atoms with Crippen LogP contribution in [0.2, 0.25) is 0 Å². The molecule has 0 spiro atoms. The second kappa shape index (κ2) is 5.53. The average Bonchev–Trinajstić information content (AvgIpc) is 2.79. The predicted octanol–water partition coefficient (Wildman–Crippen LogP) is -1.07. The smallest absolute Gasteiger partial charge is 0.273 e. The lowest BCUT2D eigenvalue weighted by atomic mass is 10.2. The van der Waals surface area contributed by atoms with Crippen LogP contribution in [0.25, 0.3) is 11.4 Å². The van der Waals surface area contributed by atoms with Crippen LogP contribution >= 0.6 is 0 Å². The summed E-state index contributed by atoms with van der Waals surface area (Å²) < 4.78 is 29.2. The fraction of sp³-hybridized carbons (Fsp3) is 0.300. The van der Waals surface area contributed by atoms with Crippen molar-refractivity contribution in [3.63, 3.8) is 0 Å². The average molecular weight is 299 g/mol. The first-order valence-corrected chi connectivity index (χ1v) is 7.12. The predicted molar refractivity (Wildman–Crippen MR) is 69.3 cm³/mol. The Labute approximate surface area is 114 Å². The summed E-state index contributed by atoms with van der Waals surface area (Å²) in [7, 11) is -2.53. The topological polar surface area (TPSA) is 133 Å². The second-order valence-corrected chi connectivity index (χ2v) is 5.39. The summed E-state index contributed by atoms with van der Waals surface area (Å²) in [6.07, 6.45) is 1.43. The van der Waals surface area contributed by atoms with Gasteiger partial charge in [-0.3, -0.25) is 9.36 Å². The molecule has 9 nitrogen and oxygen atoms in total. The minimum atomic E-state index is -4.01. The molecule has 0 aliphatic rings. The van der Waals surface area contributed by atoms with Gasteiger partial charge in [-0.1, -0.05) is 0 Å². The molecule has 0 unspecified atom stereocenters. The van der Waals surface area contributed by atoms with E-state index >= 15 is 0 Å². The van der Waals surface area contributed by atoms with Gasteiger partial charge in [-0.25, -0.2) is 13.6 Å². The van der Waals surface area contributed by atoms with Crippen LogP contribution in [0.1, 0.15) is 0 Å². The molecule has 2 aromatic rings. The fourth-order valence-corrected chi connectivity index (χ4v) is 2.32. The number of ether oxygens (including phenoxy) is 1. The SMILES string of the molecule is COCCn1c(-c2cc[nH]c(=O)c2)nnc1S(N)(=O)=O. The number of aromatic amines is 1. The molecule has 0 amide bonds. The molecule has 0 aromatic carbocycles. The highest BCUT2D eigenvalue weighted by molar-refractivity contribution is 7.89. The molecular weight excluding hydrogens is 286 g/mol. The number of nitrogens with two attached hydrogens (primary N) is 1. The van der Waals surface area contributed by atoms with Crippen LogP contribution in [-0.4, -0.2) is 41.9 Å². The van der Waals surface area contributed by atoms with E-state index in [1.165, 1.54) is 23.9 Å². The maximum atomic E-state index is 11.5. The number of primary sulfonamides is 1. The van der Waals surface area contributed by atoms with Crippen LogP contribution in [0.15, 0.2) is 28.3 Å². The summed E-state index contributed by atoms with van der Waals surface area (Å²) in [6.45, 7) is 0.439. The van der Waals surface area contributed by atoms with E-state index in [0.29, 0.717) is 5.56 Å². The van der Waals surface area contributed by atoms with Gasteiger partial charge in [-0.2, -0.15) is 0 Å². The van der Waals surface area contributed by atoms with Crippen LogP contribution in [0.4, 0.5) is 0 Å². The van der Waals surface area contributed by atoms with Gasteiger partial charge in [0.1, 0.15) is 0 Å². The van der Waals surface area contributed by atoms with Gasteiger partial charge in [0.05, 0.1) is 13.2 Å². The van der Waals surface area contributed by atoms with Crippen molar-refractivity contribution in [2.45, 2.75) is 11.7 Å². The van der Waals surface area contributed by atoms with Crippen molar-refractivity contribution in [2.75, 3.05) is 13.7 Å². The highest BCUT2D eigenvalue weighted by Gasteiger charge is 2.21. The Morgan fingerprint density at radius 3 is 2.80 bits per heavy atom. The maximum absolute atomic E-state index is 11.5. The minimum absolute atomic E-state index is 0.192. The molecule has 0 aliphatic carbocycles. The van der Waals surface area contributed by atoms with Crippen molar-refractivity contribution in [3.05, 3.63) is 28.7 Å². The molecule has 3 N–H and O–H groups in total. The molecule has 2 aromatic heterocycles. The molecule has 0 saturated carbocycles. The van der Waals surface area contributed by atoms with E-state index in [9.17, 15) is 13.2 Å². The molecule has 2 rings (SSSR count). The summed E-state index contributed by atoms with van der Waals surface area (Å²) in [4.78, 5) is 13.8. The third-order valence-electron chi connectivity index (χ3n) is 2.52. The summed E-state index contributed by atoms with van der Waals surface area (Å²) >= 11 is 0. The highest BCUT2D eigenvalue weighted by Crippen LogP contribution is 2.18. The van der Waals surface area contributed by atoms with Crippen LogP contribution in [0.5, 0.6) is 0 Å². The number of sulfonamides is 1. The maximum Gasteiger partial charge on any atom is 0.273 e. The fourth-order valence-electron chi connectivity index (χ4n) is 1.68. The molecule has 0 atom stereocenters. The van der Waals surface area contributed by atoms with Crippen LogP contribution in [0.3, 0.4) is 0 Å². The molecule has 0 aliphatic heterocycles. The number of nitrogens with zero attached hydrogens (tertiary/aromatic N) is 3. The lowest BCUT2D eigenvalue weighted by Gasteiger charge is -2.08. The first kappa shape index (κ1) is 14.4. The zero-order chi connectivity index (χ0) is 14.8. The number of nitrogens with one attached hydrogen (secondary N) is 1. The third kappa shape index (κ3) is 2.92. The number of rotatable bonds is 5. The zero-order valence-electron chi connectivity index (χ0n) is 10.6. The largest absolute Gasteiger partial charge is 0.383 e. The van der Waals surface area contributed by atoms with Crippen molar-refractivity contribution in [2.24, 2.45) is 5.14 Å². The van der Waals surface area contributed by atoms with Gasteiger partial charge < -0.3 is 9.72 Å². The van der Waals surface area contributed by atoms with E-state index in [-0.39, 0.29) is 29.7 Å². The first-order valence-electron chi connectivity index (χ1n) is 5.57. The number of hydrogen-bond donors (Lipinski definition) is 2. The Bertz CT molecular complexity index is 764. The van der Waals surface area contributed by atoms with Gasteiger partial charge in [0, 0.05) is 24.9 Å². The van der Waals surface area contributed by atoms with Gasteiger partial charge >= 0.3 is 0 Å². The molecule has 2 heterocycles. The monoisotopic (exact) mass is 299 g/mol. The van der Waals surface area contributed by atoms with Crippen molar-refractivity contribution in [1.82, 2.24) is 19.7 Å². The summed E-state index contributed by atoms with van der Waals surface area (Å²) in [6, 6.07) is 2.88. The summed E-state index contributed by atoms with van der Waals surface area (Å²) in [5.74, 6) is 0.233. The Balaban J connectivity index is 2.59. The third-order valence-corrected chi connectivity index (χ3v) is 3.33. The number of pyridine rings is 1. The lowest BCUT2D eigenvalue weighted by Crippen LogP contribution is -2.20. The normalized spacial score (nSPS) is 11.7. The van der Waals surface area contributed by atoms with E-state index in [0.717, 1.165) is 0 Å². The highest BCUT2D eigenvalue weighted by atomic mass is 32.2. The first-order chi connectivity index (χ1) is 9.43. The quantitative estimate of drug-likeness (QED) is 0.722. The van der Waals surface area contributed by atoms with Crippen LogP contribution < -0.4 is 10.7 Å². The standard InChI is InChI=1S/C10H13N5O4S/c1-19-5-4-15-9(7-2-3-12-8(16)6-7)13-14-10(15)20(11,17)18/h2-3,6H,4-5H2,1H3,(H,12,16)(H2,11,17,18). The van der Waals surface area contributed by atoms with Crippen molar-refractivity contribution < 1.29 is 13.2 Å². The van der Waals surface area contributed by atoms with Gasteiger partial charge in [-0.05, 0) is 6.07 Å². The van der Waals surface area contributed by atoms with Crippen molar-refractivity contribution in [1.29, 1.82) is 0 Å². The van der Waals surface area contributed by atoms with Crippen LogP contribution in [-0.2, 0) is 21.3 Å². The Hall–Kier alpha value is -2.04. The van der Waals surface area contributed by atoms with Crippen molar-refractivity contribution in [3.8, 4) is 11.4 Å². The molecule has 20 heavy (non-hydrogen) atoms.